The highest BCUT2D eigenvalue weighted by Gasteiger charge is 2.24. The Morgan fingerprint density at radius 1 is 1.41 bits per heavy atom. The van der Waals surface area contributed by atoms with Crippen LogP contribution < -0.4 is 0 Å². The minimum atomic E-state index is -0.134. The highest BCUT2D eigenvalue weighted by atomic mass is 15.1. The molecule has 2 rings (SSSR count). The summed E-state index contributed by atoms with van der Waals surface area (Å²) in [6, 6.07) is 6.31. The Morgan fingerprint density at radius 3 is 2.65 bits per heavy atom. The zero-order valence-electron chi connectivity index (χ0n) is 10.8. The van der Waals surface area contributed by atoms with Crippen LogP contribution in [0.1, 0.15) is 39.0 Å². The topological polar surface area (TPSA) is 41.6 Å². The van der Waals surface area contributed by atoms with Crippen LogP contribution in [0.3, 0.4) is 0 Å². The van der Waals surface area contributed by atoms with Gasteiger partial charge in [0.25, 0.3) is 0 Å². The molecule has 2 aromatic rings. The number of hydrogen-bond acceptors (Lipinski definition) is 2. The third-order valence-corrected chi connectivity index (χ3v) is 2.96. The number of fused-ring (bicyclic) bond motifs is 1. The van der Waals surface area contributed by atoms with E-state index in [1.54, 1.807) is 6.20 Å². The Balaban J connectivity index is 2.96. The summed E-state index contributed by atoms with van der Waals surface area (Å²) in [7, 11) is 0. The standard InChI is InChI=1S/C14H17N3/c1-5-10-11-7-6-8-16-13(11)17(12(10)9-15)14(2,3)4/h6-8H,5H2,1-4H3. The molecule has 88 valence electrons. The molecule has 0 saturated heterocycles. The summed E-state index contributed by atoms with van der Waals surface area (Å²) in [5.74, 6) is 0. The van der Waals surface area contributed by atoms with Gasteiger partial charge in [-0.05, 0) is 44.9 Å². The molecule has 0 unspecified atom stereocenters. The van der Waals surface area contributed by atoms with Crippen LogP contribution in [0.25, 0.3) is 11.0 Å². The van der Waals surface area contributed by atoms with Crippen molar-refractivity contribution in [1.82, 2.24) is 9.55 Å². The molecule has 0 aliphatic rings. The van der Waals surface area contributed by atoms with Crippen LogP contribution in [0, 0.1) is 11.3 Å². The summed E-state index contributed by atoms with van der Waals surface area (Å²) in [6.07, 6.45) is 2.64. The minimum Gasteiger partial charge on any atom is -0.311 e. The third kappa shape index (κ3) is 1.70. The van der Waals surface area contributed by atoms with E-state index >= 15 is 0 Å². The van der Waals surface area contributed by atoms with Gasteiger partial charge in [0, 0.05) is 17.1 Å². The molecule has 3 heteroatoms. The van der Waals surface area contributed by atoms with E-state index in [4.69, 9.17) is 0 Å². The zero-order chi connectivity index (χ0) is 12.6. The number of nitriles is 1. The summed E-state index contributed by atoms with van der Waals surface area (Å²) in [5, 5.41) is 10.5. The van der Waals surface area contributed by atoms with Crippen LogP contribution in [0.5, 0.6) is 0 Å². The molecule has 0 aliphatic heterocycles. The normalized spacial score (nSPS) is 11.7. The van der Waals surface area contributed by atoms with Crippen molar-refractivity contribution in [2.45, 2.75) is 39.7 Å². The van der Waals surface area contributed by atoms with Gasteiger partial charge in [-0.2, -0.15) is 5.26 Å². The van der Waals surface area contributed by atoms with E-state index in [0.29, 0.717) is 0 Å². The van der Waals surface area contributed by atoms with E-state index in [1.807, 2.05) is 16.7 Å². The first-order valence-corrected chi connectivity index (χ1v) is 5.89. The maximum Gasteiger partial charge on any atom is 0.141 e. The monoisotopic (exact) mass is 227 g/mol. The smallest absolute Gasteiger partial charge is 0.141 e. The predicted octanol–water partition coefficient (Wildman–Crippen LogP) is 3.23. The zero-order valence-corrected chi connectivity index (χ0v) is 10.8. The number of pyridine rings is 1. The third-order valence-electron chi connectivity index (χ3n) is 2.96. The lowest BCUT2D eigenvalue weighted by Crippen LogP contribution is -2.23. The van der Waals surface area contributed by atoms with E-state index in [1.165, 1.54) is 0 Å². The van der Waals surface area contributed by atoms with E-state index in [9.17, 15) is 5.26 Å². The first-order valence-electron chi connectivity index (χ1n) is 5.89. The SMILES string of the molecule is CCc1c(C#N)n(C(C)(C)C)c2ncccc12. The maximum absolute atomic E-state index is 9.40. The van der Waals surface area contributed by atoms with Gasteiger partial charge in [0.2, 0.25) is 0 Å². The van der Waals surface area contributed by atoms with Crippen molar-refractivity contribution in [2.75, 3.05) is 0 Å². The fourth-order valence-electron chi connectivity index (χ4n) is 2.31. The Hall–Kier alpha value is -1.82. The molecule has 2 heterocycles. The first-order chi connectivity index (χ1) is 8.00. The van der Waals surface area contributed by atoms with E-state index in [0.717, 1.165) is 28.7 Å². The van der Waals surface area contributed by atoms with Gasteiger partial charge in [0.1, 0.15) is 17.4 Å². The van der Waals surface area contributed by atoms with Crippen LogP contribution in [0.4, 0.5) is 0 Å². The van der Waals surface area contributed by atoms with Crippen molar-refractivity contribution in [2.24, 2.45) is 0 Å². The van der Waals surface area contributed by atoms with E-state index in [2.05, 4.69) is 38.7 Å². The van der Waals surface area contributed by atoms with Gasteiger partial charge in [0.05, 0.1) is 0 Å². The first kappa shape index (κ1) is 11.7. The number of hydrogen-bond donors (Lipinski definition) is 0. The Kier molecular flexibility index (Phi) is 2.66. The van der Waals surface area contributed by atoms with Crippen LogP contribution >= 0.6 is 0 Å². The molecule has 0 amide bonds. The van der Waals surface area contributed by atoms with Gasteiger partial charge in [-0.1, -0.05) is 6.92 Å². The summed E-state index contributed by atoms with van der Waals surface area (Å²) in [5.41, 5.74) is 2.62. The lowest BCUT2D eigenvalue weighted by molar-refractivity contribution is 0.404. The fourth-order valence-corrected chi connectivity index (χ4v) is 2.31. The molecule has 0 N–H and O–H groups in total. The minimum absolute atomic E-state index is 0.134. The number of aromatic nitrogens is 2. The number of aryl methyl sites for hydroxylation is 1. The molecular weight excluding hydrogens is 210 g/mol. The molecule has 0 atom stereocenters. The van der Waals surface area contributed by atoms with Gasteiger partial charge in [-0.15, -0.1) is 0 Å². The lowest BCUT2D eigenvalue weighted by atomic mass is 10.1. The number of nitrogens with zero attached hydrogens (tertiary/aromatic N) is 3. The second-order valence-electron chi connectivity index (χ2n) is 5.17. The maximum atomic E-state index is 9.40. The van der Waals surface area contributed by atoms with Gasteiger partial charge < -0.3 is 4.57 Å². The van der Waals surface area contributed by atoms with Crippen LogP contribution in [-0.4, -0.2) is 9.55 Å². The highest BCUT2D eigenvalue weighted by Crippen LogP contribution is 2.30. The van der Waals surface area contributed by atoms with Gasteiger partial charge >= 0.3 is 0 Å². The molecule has 2 aromatic heterocycles. The molecule has 0 radical (unpaired) electrons. The van der Waals surface area contributed by atoms with Crippen molar-refractivity contribution >= 4 is 11.0 Å². The second-order valence-corrected chi connectivity index (χ2v) is 5.17. The molecule has 0 spiro atoms. The van der Waals surface area contributed by atoms with Crippen molar-refractivity contribution in [3.8, 4) is 6.07 Å². The van der Waals surface area contributed by atoms with Crippen molar-refractivity contribution < 1.29 is 0 Å². The number of rotatable bonds is 1. The largest absolute Gasteiger partial charge is 0.311 e. The molecule has 17 heavy (non-hydrogen) atoms. The molecule has 0 aliphatic carbocycles. The highest BCUT2D eigenvalue weighted by molar-refractivity contribution is 5.83. The summed E-state index contributed by atoms with van der Waals surface area (Å²) >= 11 is 0. The molecule has 0 saturated carbocycles. The van der Waals surface area contributed by atoms with Gasteiger partial charge in [-0.25, -0.2) is 4.98 Å². The molecular formula is C14H17N3. The molecule has 0 bridgehead atoms. The van der Waals surface area contributed by atoms with Crippen LogP contribution in [-0.2, 0) is 12.0 Å². The summed E-state index contributed by atoms with van der Waals surface area (Å²) < 4.78 is 2.04. The van der Waals surface area contributed by atoms with E-state index < -0.39 is 0 Å². The summed E-state index contributed by atoms with van der Waals surface area (Å²) in [6.45, 7) is 8.37. The molecule has 0 aromatic carbocycles. The van der Waals surface area contributed by atoms with Crippen LogP contribution in [0.2, 0.25) is 0 Å². The van der Waals surface area contributed by atoms with Crippen molar-refractivity contribution in [3.63, 3.8) is 0 Å². The Morgan fingerprint density at radius 2 is 2.12 bits per heavy atom. The lowest BCUT2D eigenvalue weighted by Gasteiger charge is -2.23. The second kappa shape index (κ2) is 3.89. The van der Waals surface area contributed by atoms with Crippen molar-refractivity contribution in [3.05, 3.63) is 29.6 Å². The Labute approximate surface area is 102 Å². The average molecular weight is 227 g/mol. The van der Waals surface area contributed by atoms with Crippen LogP contribution in [0.15, 0.2) is 18.3 Å². The molecule has 0 fully saturated rings. The summed E-state index contributed by atoms with van der Waals surface area (Å²) in [4.78, 5) is 4.44. The van der Waals surface area contributed by atoms with Gasteiger partial charge in [0.15, 0.2) is 0 Å². The van der Waals surface area contributed by atoms with Gasteiger partial charge in [-0.3, -0.25) is 0 Å². The predicted molar refractivity (Wildman–Crippen MR) is 68.8 cm³/mol. The average Bonchev–Trinajstić information content (AvgIpc) is 2.61. The quantitative estimate of drug-likeness (QED) is 0.750. The van der Waals surface area contributed by atoms with E-state index in [-0.39, 0.29) is 5.54 Å². The molecule has 3 nitrogen and oxygen atoms in total. The fraction of sp³-hybridized carbons (Fsp3) is 0.429. The Bertz CT molecular complexity index is 594. The van der Waals surface area contributed by atoms with Crippen molar-refractivity contribution in [1.29, 1.82) is 5.26 Å².